The summed E-state index contributed by atoms with van der Waals surface area (Å²) in [6, 6.07) is 4.30. The van der Waals surface area contributed by atoms with E-state index >= 15 is 0 Å². The van der Waals surface area contributed by atoms with Crippen molar-refractivity contribution in [1.82, 2.24) is 10.0 Å². The summed E-state index contributed by atoms with van der Waals surface area (Å²) in [7, 11) is -1.96. The zero-order valence-electron chi connectivity index (χ0n) is 10.3. The van der Waals surface area contributed by atoms with E-state index in [0.717, 1.165) is 12.1 Å². The first-order valence-electron chi connectivity index (χ1n) is 5.53. The van der Waals surface area contributed by atoms with Crippen molar-refractivity contribution in [2.45, 2.75) is 11.9 Å². The van der Waals surface area contributed by atoms with Crippen molar-refractivity contribution in [2.75, 3.05) is 20.1 Å². The normalized spacial score (nSPS) is 12.6. The maximum absolute atomic E-state index is 12.5. The molecule has 108 valence electrons. The fourth-order valence-corrected chi connectivity index (χ4v) is 2.57. The number of rotatable bonds is 6. The van der Waals surface area contributed by atoms with Gasteiger partial charge in [-0.25, -0.2) is 13.1 Å². The minimum absolute atomic E-state index is 0.104. The Morgan fingerprint density at radius 3 is 2.47 bits per heavy atom. The Balaban J connectivity index is 2.77. The van der Waals surface area contributed by atoms with Crippen LogP contribution in [-0.2, 0) is 22.0 Å². The predicted octanol–water partition coefficient (Wildman–Crippen LogP) is 1.34. The fraction of sp³-hybridized carbons (Fsp3) is 0.455. The largest absolute Gasteiger partial charge is 0.416 e. The van der Waals surface area contributed by atoms with E-state index in [2.05, 4.69) is 10.0 Å². The Labute approximate surface area is 110 Å². The summed E-state index contributed by atoms with van der Waals surface area (Å²) in [5, 5.41) is 2.76. The highest BCUT2D eigenvalue weighted by Gasteiger charge is 2.30. The van der Waals surface area contributed by atoms with Crippen LogP contribution in [0.4, 0.5) is 13.2 Å². The number of benzene rings is 1. The molecular formula is C11H15F3N2O2S. The molecule has 0 fully saturated rings. The molecule has 1 aromatic carbocycles. The summed E-state index contributed by atoms with van der Waals surface area (Å²) in [5.41, 5.74) is -0.748. The van der Waals surface area contributed by atoms with Gasteiger partial charge in [0.1, 0.15) is 0 Å². The van der Waals surface area contributed by atoms with Gasteiger partial charge >= 0.3 is 6.18 Å². The van der Waals surface area contributed by atoms with Crippen LogP contribution in [0.3, 0.4) is 0 Å². The minimum Gasteiger partial charge on any atom is -0.318 e. The van der Waals surface area contributed by atoms with Crippen LogP contribution < -0.4 is 10.0 Å². The standard InChI is InChI=1S/C11H15F3N2O2S/c1-15-5-6-16-19(17,18)8-9-3-2-4-10(7-9)11(12,13)14/h2-4,7,15-16H,5-6,8H2,1H3. The number of nitrogens with one attached hydrogen (secondary N) is 2. The lowest BCUT2D eigenvalue weighted by atomic mass is 10.1. The van der Waals surface area contributed by atoms with Crippen LogP contribution in [-0.4, -0.2) is 28.6 Å². The molecule has 0 radical (unpaired) electrons. The highest BCUT2D eigenvalue weighted by molar-refractivity contribution is 7.88. The first-order chi connectivity index (χ1) is 8.74. The Morgan fingerprint density at radius 2 is 1.89 bits per heavy atom. The van der Waals surface area contributed by atoms with Crippen molar-refractivity contribution in [3.8, 4) is 0 Å². The molecule has 2 N–H and O–H groups in total. The lowest BCUT2D eigenvalue weighted by molar-refractivity contribution is -0.137. The highest BCUT2D eigenvalue weighted by atomic mass is 32.2. The van der Waals surface area contributed by atoms with Crippen LogP contribution in [0.15, 0.2) is 24.3 Å². The Morgan fingerprint density at radius 1 is 1.21 bits per heavy atom. The van der Waals surface area contributed by atoms with E-state index in [1.807, 2.05) is 0 Å². The van der Waals surface area contributed by atoms with Gasteiger partial charge in [-0.3, -0.25) is 0 Å². The fourth-order valence-electron chi connectivity index (χ4n) is 1.44. The van der Waals surface area contributed by atoms with Crippen molar-refractivity contribution in [3.05, 3.63) is 35.4 Å². The zero-order chi connectivity index (χ0) is 14.5. The average Bonchev–Trinajstić information content (AvgIpc) is 2.27. The number of sulfonamides is 1. The van der Waals surface area contributed by atoms with E-state index in [1.165, 1.54) is 12.1 Å². The summed E-state index contributed by atoms with van der Waals surface area (Å²) < 4.78 is 63.0. The van der Waals surface area contributed by atoms with Gasteiger partial charge in [0, 0.05) is 13.1 Å². The SMILES string of the molecule is CNCCNS(=O)(=O)Cc1cccc(C(F)(F)F)c1. The third kappa shape index (κ3) is 5.58. The van der Waals surface area contributed by atoms with Crippen LogP contribution in [0.5, 0.6) is 0 Å². The quantitative estimate of drug-likeness (QED) is 0.779. The van der Waals surface area contributed by atoms with Crippen LogP contribution >= 0.6 is 0 Å². The number of hydrogen-bond donors (Lipinski definition) is 2. The van der Waals surface area contributed by atoms with Crippen LogP contribution in [0.2, 0.25) is 0 Å². The van der Waals surface area contributed by atoms with E-state index in [9.17, 15) is 21.6 Å². The van der Waals surface area contributed by atoms with E-state index in [1.54, 1.807) is 7.05 Å². The van der Waals surface area contributed by atoms with Crippen molar-refractivity contribution < 1.29 is 21.6 Å². The van der Waals surface area contributed by atoms with Crippen molar-refractivity contribution >= 4 is 10.0 Å². The third-order valence-electron chi connectivity index (χ3n) is 2.31. The minimum atomic E-state index is -4.47. The molecule has 0 heterocycles. The molecule has 0 atom stereocenters. The highest BCUT2D eigenvalue weighted by Crippen LogP contribution is 2.29. The van der Waals surface area contributed by atoms with Gasteiger partial charge in [-0.15, -0.1) is 0 Å². The number of hydrogen-bond acceptors (Lipinski definition) is 3. The summed E-state index contributed by atoms with van der Waals surface area (Å²) in [5.74, 6) is -0.472. The molecule has 1 rings (SSSR count). The van der Waals surface area contributed by atoms with Crippen LogP contribution in [0.1, 0.15) is 11.1 Å². The maximum Gasteiger partial charge on any atom is 0.416 e. The molecule has 0 saturated carbocycles. The molecule has 19 heavy (non-hydrogen) atoms. The summed E-state index contributed by atoms with van der Waals surface area (Å²) in [4.78, 5) is 0. The van der Waals surface area contributed by atoms with Gasteiger partial charge in [0.2, 0.25) is 10.0 Å². The van der Waals surface area contributed by atoms with E-state index in [4.69, 9.17) is 0 Å². The molecule has 0 aliphatic carbocycles. The van der Waals surface area contributed by atoms with E-state index in [-0.39, 0.29) is 12.1 Å². The van der Waals surface area contributed by atoms with Gasteiger partial charge in [0.15, 0.2) is 0 Å². The van der Waals surface area contributed by atoms with Gasteiger partial charge in [0.05, 0.1) is 11.3 Å². The topological polar surface area (TPSA) is 58.2 Å². The van der Waals surface area contributed by atoms with E-state index < -0.39 is 27.5 Å². The predicted molar refractivity (Wildman–Crippen MR) is 66.0 cm³/mol. The van der Waals surface area contributed by atoms with E-state index in [0.29, 0.717) is 6.54 Å². The maximum atomic E-state index is 12.5. The monoisotopic (exact) mass is 296 g/mol. The number of alkyl halides is 3. The molecule has 8 heteroatoms. The summed E-state index contributed by atoms with van der Waals surface area (Å²) in [6.07, 6.45) is -4.47. The third-order valence-corrected chi connectivity index (χ3v) is 3.67. The molecule has 0 amide bonds. The first kappa shape index (κ1) is 15.9. The summed E-state index contributed by atoms with van der Waals surface area (Å²) >= 11 is 0. The molecule has 0 saturated heterocycles. The van der Waals surface area contributed by atoms with Crippen molar-refractivity contribution in [3.63, 3.8) is 0 Å². The smallest absolute Gasteiger partial charge is 0.318 e. The Bertz CT molecular complexity index is 515. The molecule has 0 unspecified atom stereocenters. The molecule has 0 spiro atoms. The van der Waals surface area contributed by atoms with Crippen LogP contribution in [0, 0.1) is 0 Å². The Kier molecular flexibility index (Phi) is 5.33. The second kappa shape index (κ2) is 6.36. The first-order valence-corrected chi connectivity index (χ1v) is 7.18. The average molecular weight is 296 g/mol. The molecule has 4 nitrogen and oxygen atoms in total. The Hall–Kier alpha value is -1.12. The number of likely N-dealkylation sites (N-methyl/N-ethyl adjacent to an activating group) is 1. The van der Waals surface area contributed by atoms with Crippen molar-refractivity contribution in [1.29, 1.82) is 0 Å². The molecule has 1 aromatic rings. The summed E-state index contributed by atoms with van der Waals surface area (Å²) in [6.45, 7) is 0.639. The molecule has 0 aliphatic rings. The van der Waals surface area contributed by atoms with Gasteiger partial charge in [0.25, 0.3) is 0 Å². The molecule has 0 aliphatic heterocycles. The molecule has 0 bridgehead atoms. The molecular weight excluding hydrogens is 281 g/mol. The van der Waals surface area contributed by atoms with Gasteiger partial charge in [-0.1, -0.05) is 18.2 Å². The number of halogens is 3. The lowest BCUT2D eigenvalue weighted by Gasteiger charge is -2.10. The molecule has 0 aromatic heterocycles. The van der Waals surface area contributed by atoms with Gasteiger partial charge in [-0.2, -0.15) is 13.2 Å². The van der Waals surface area contributed by atoms with Crippen molar-refractivity contribution in [2.24, 2.45) is 0 Å². The second-order valence-corrected chi connectivity index (χ2v) is 5.76. The zero-order valence-corrected chi connectivity index (χ0v) is 11.1. The lowest BCUT2D eigenvalue weighted by Crippen LogP contribution is -2.31. The van der Waals surface area contributed by atoms with Gasteiger partial charge < -0.3 is 5.32 Å². The second-order valence-electron chi connectivity index (χ2n) is 3.96. The van der Waals surface area contributed by atoms with Gasteiger partial charge in [-0.05, 0) is 18.7 Å². The van der Waals surface area contributed by atoms with Crippen LogP contribution in [0.25, 0.3) is 0 Å².